The zero-order chi connectivity index (χ0) is 23.5. The summed E-state index contributed by atoms with van der Waals surface area (Å²) in [4.78, 5) is 12.6. The number of hydrogen-bond acceptors (Lipinski definition) is 4. The van der Waals surface area contributed by atoms with Gasteiger partial charge in [-0.2, -0.15) is 5.10 Å². The van der Waals surface area contributed by atoms with E-state index in [2.05, 4.69) is 10.4 Å². The Morgan fingerprint density at radius 2 is 1.70 bits per heavy atom. The van der Waals surface area contributed by atoms with Gasteiger partial charge in [-0.3, -0.25) is 9.48 Å². The highest BCUT2D eigenvalue weighted by molar-refractivity contribution is 6.36. The molecule has 0 saturated carbocycles. The number of carbonyl (C=O) groups excluding carboxylic acids is 1. The maximum absolute atomic E-state index is 12.6. The van der Waals surface area contributed by atoms with Gasteiger partial charge >= 0.3 is 0 Å². The highest BCUT2D eigenvalue weighted by Gasteiger charge is 2.17. The van der Waals surface area contributed by atoms with Gasteiger partial charge in [0, 0.05) is 21.8 Å². The van der Waals surface area contributed by atoms with Crippen LogP contribution in [0.4, 0.5) is 5.82 Å². The van der Waals surface area contributed by atoms with Crippen molar-refractivity contribution in [3.05, 3.63) is 97.5 Å². The monoisotopic (exact) mass is 523 g/mol. The summed E-state index contributed by atoms with van der Waals surface area (Å²) in [5, 5.41) is 8.74. The maximum Gasteiger partial charge on any atom is 0.292 e. The predicted molar refractivity (Wildman–Crippen MR) is 130 cm³/mol. The van der Waals surface area contributed by atoms with E-state index in [0.29, 0.717) is 32.1 Å². The van der Waals surface area contributed by atoms with Gasteiger partial charge in [-0.1, -0.05) is 64.6 Å². The lowest BCUT2D eigenvalue weighted by Gasteiger charge is -2.09. The van der Waals surface area contributed by atoms with Gasteiger partial charge in [0.05, 0.1) is 11.6 Å². The fraction of sp³-hybridized carbons (Fsp3) is 0.130. The molecule has 6 nitrogen and oxygen atoms in total. The molecule has 0 aliphatic rings. The van der Waals surface area contributed by atoms with Gasteiger partial charge in [-0.15, -0.1) is 0 Å². The Labute approximate surface area is 210 Å². The largest absolute Gasteiger partial charge is 0.484 e. The third kappa shape index (κ3) is 5.47. The number of nitrogens with one attached hydrogen (secondary N) is 1. The number of amides is 1. The Kier molecular flexibility index (Phi) is 7.20. The van der Waals surface area contributed by atoms with E-state index < -0.39 is 5.91 Å². The Hall–Kier alpha value is -2.64. The molecule has 0 aliphatic heterocycles. The number of anilines is 1. The van der Waals surface area contributed by atoms with Crippen LogP contribution in [0.1, 0.15) is 27.4 Å². The third-order valence-corrected chi connectivity index (χ3v) is 6.02. The molecule has 0 unspecified atom stereocenters. The van der Waals surface area contributed by atoms with Crippen LogP contribution in [0.2, 0.25) is 20.1 Å². The van der Waals surface area contributed by atoms with Crippen molar-refractivity contribution in [2.24, 2.45) is 0 Å². The Bertz CT molecular complexity index is 1280. The molecule has 2 aromatic carbocycles. The van der Waals surface area contributed by atoms with Crippen LogP contribution in [0.5, 0.6) is 5.75 Å². The second-order valence-electron chi connectivity index (χ2n) is 7.12. The molecule has 170 valence electrons. The summed E-state index contributed by atoms with van der Waals surface area (Å²) in [6.07, 6.45) is 1.57. The summed E-state index contributed by atoms with van der Waals surface area (Å²) in [6.45, 7) is 2.30. The van der Waals surface area contributed by atoms with E-state index in [1.807, 2.05) is 19.1 Å². The van der Waals surface area contributed by atoms with E-state index in [1.54, 1.807) is 47.3 Å². The molecule has 0 aliphatic carbocycles. The number of aryl methyl sites for hydroxylation is 1. The smallest absolute Gasteiger partial charge is 0.292 e. The van der Waals surface area contributed by atoms with Crippen molar-refractivity contribution in [3.8, 4) is 5.75 Å². The van der Waals surface area contributed by atoms with Crippen LogP contribution in [0.25, 0.3) is 0 Å². The topological polar surface area (TPSA) is 69.3 Å². The van der Waals surface area contributed by atoms with Crippen LogP contribution in [0.15, 0.2) is 59.1 Å². The minimum atomic E-state index is -0.502. The predicted octanol–water partition coefficient (Wildman–Crippen LogP) is 7.28. The standard InChI is InChI=1S/C23H17Cl4N3O3/c1-13-4-2-7-18(26)21(13)32-12-14-8-9-20(33-14)23(31)28-22-19(27)11-30(29-22)10-15-16(24)5-3-6-17(15)25/h2-9,11H,10,12H2,1H3,(H,28,29,31). The quantitative estimate of drug-likeness (QED) is 0.276. The van der Waals surface area contributed by atoms with E-state index >= 15 is 0 Å². The molecule has 0 atom stereocenters. The first-order chi connectivity index (χ1) is 15.8. The lowest BCUT2D eigenvalue weighted by Crippen LogP contribution is -2.12. The number of carbonyl (C=O) groups is 1. The molecule has 0 spiro atoms. The minimum Gasteiger partial charge on any atom is -0.484 e. The average molecular weight is 525 g/mol. The zero-order valence-corrected chi connectivity index (χ0v) is 20.3. The number of benzene rings is 2. The highest BCUT2D eigenvalue weighted by Crippen LogP contribution is 2.29. The second-order valence-corrected chi connectivity index (χ2v) is 8.75. The fourth-order valence-electron chi connectivity index (χ4n) is 3.10. The van der Waals surface area contributed by atoms with Gasteiger partial charge in [0.1, 0.15) is 23.1 Å². The Morgan fingerprint density at radius 3 is 2.42 bits per heavy atom. The molecule has 4 aromatic rings. The van der Waals surface area contributed by atoms with Crippen molar-refractivity contribution < 1.29 is 13.9 Å². The first kappa shape index (κ1) is 23.5. The van der Waals surface area contributed by atoms with E-state index in [0.717, 1.165) is 5.56 Å². The van der Waals surface area contributed by atoms with E-state index in [-0.39, 0.29) is 29.8 Å². The van der Waals surface area contributed by atoms with E-state index in [1.165, 1.54) is 0 Å². The number of hydrogen-bond donors (Lipinski definition) is 1. The number of rotatable bonds is 7. The van der Waals surface area contributed by atoms with Gasteiger partial charge in [-0.05, 0) is 42.8 Å². The van der Waals surface area contributed by atoms with Gasteiger partial charge in [-0.25, -0.2) is 0 Å². The molecule has 0 fully saturated rings. The molecule has 1 amide bonds. The summed E-state index contributed by atoms with van der Waals surface area (Å²) in [7, 11) is 0. The molecule has 0 radical (unpaired) electrons. The van der Waals surface area contributed by atoms with Gasteiger partial charge in [0.2, 0.25) is 0 Å². The van der Waals surface area contributed by atoms with Crippen molar-refractivity contribution >= 4 is 58.1 Å². The van der Waals surface area contributed by atoms with Crippen molar-refractivity contribution in [1.29, 1.82) is 0 Å². The van der Waals surface area contributed by atoms with Crippen molar-refractivity contribution in [2.45, 2.75) is 20.1 Å². The SMILES string of the molecule is Cc1cccc(Cl)c1OCc1ccc(C(=O)Nc2nn(Cc3c(Cl)cccc3Cl)cc2Cl)o1. The summed E-state index contributed by atoms with van der Waals surface area (Å²) in [5.74, 6) is 0.801. The number of furan rings is 1. The van der Waals surface area contributed by atoms with Crippen LogP contribution in [-0.2, 0) is 13.2 Å². The normalized spacial score (nSPS) is 10.9. The van der Waals surface area contributed by atoms with E-state index in [4.69, 9.17) is 55.6 Å². The van der Waals surface area contributed by atoms with Crippen molar-refractivity contribution in [1.82, 2.24) is 9.78 Å². The zero-order valence-electron chi connectivity index (χ0n) is 17.2. The number of ether oxygens (including phenoxy) is 1. The first-order valence-electron chi connectivity index (χ1n) is 9.75. The molecular weight excluding hydrogens is 508 g/mol. The molecule has 2 heterocycles. The molecule has 33 heavy (non-hydrogen) atoms. The van der Waals surface area contributed by atoms with Crippen LogP contribution < -0.4 is 10.1 Å². The lowest BCUT2D eigenvalue weighted by molar-refractivity contribution is 0.0992. The van der Waals surface area contributed by atoms with Gasteiger partial charge in [0.25, 0.3) is 5.91 Å². The minimum absolute atomic E-state index is 0.0873. The average Bonchev–Trinajstić information content (AvgIpc) is 3.37. The Balaban J connectivity index is 1.41. The maximum atomic E-state index is 12.6. The summed E-state index contributed by atoms with van der Waals surface area (Å²) in [6, 6.07) is 13.9. The number of nitrogens with zero attached hydrogens (tertiary/aromatic N) is 2. The van der Waals surface area contributed by atoms with Crippen molar-refractivity contribution in [3.63, 3.8) is 0 Å². The highest BCUT2D eigenvalue weighted by atomic mass is 35.5. The van der Waals surface area contributed by atoms with Crippen LogP contribution in [0, 0.1) is 6.92 Å². The lowest BCUT2D eigenvalue weighted by atomic mass is 10.2. The summed E-state index contributed by atoms with van der Waals surface area (Å²) >= 11 is 24.9. The molecule has 0 saturated heterocycles. The molecule has 4 rings (SSSR count). The van der Waals surface area contributed by atoms with Crippen LogP contribution >= 0.6 is 46.4 Å². The first-order valence-corrected chi connectivity index (χ1v) is 11.3. The Morgan fingerprint density at radius 1 is 1.00 bits per heavy atom. The van der Waals surface area contributed by atoms with Crippen LogP contribution in [-0.4, -0.2) is 15.7 Å². The second kappa shape index (κ2) is 10.1. The summed E-state index contributed by atoms with van der Waals surface area (Å²) < 4.78 is 12.9. The third-order valence-electron chi connectivity index (χ3n) is 4.74. The number of aromatic nitrogens is 2. The summed E-state index contributed by atoms with van der Waals surface area (Å²) in [5.41, 5.74) is 1.60. The molecule has 10 heteroatoms. The molecule has 0 bridgehead atoms. The van der Waals surface area contributed by atoms with Crippen molar-refractivity contribution in [2.75, 3.05) is 5.32 Å². The molecule has 2 aromatic heterocycles. The number of halogens is 4. The fourth-order valence-corrected chi connectivity index (χ4v) is 4.09. The van der Waals surface area contributed by atoms with Gasteiger partial charge in [0.15, 0.2) is 11.6 Å². The van der Waals surface area contributed by atoms with Gasteiger partial charge < -0.3 is 14.5 Å². The van der Waals surface area contributed by atoms with E-state index in [9.17, 15) is 4.79 Å². The number of para-hydroxylation sites is 1. The molecular formula is C23H17Cl4N3O3. The molecule has 1 N–H and O–H groups in total. The van der Waals surface area contributed by atoms with Crippen LogP contribution in [0.3, 0.4) is 0 Å².